The number of ketones is 1. The summed E-state index contributed by atoms with van der Waals surface area (Å²) >= 11 is 0. The topological polar surface area (TPSA) is 46.2 Å². The molecule has 0 radical (unpaired) electrons. The first kappa shape index (κ1) is 16.1. The van der Waals surface area contributed by atoms with Crippen LogP contribution in [0.15, 0.2) is 0 Å². The molecule has 0 spiro atoms. The average Bonchev–Trinajstić information content (AvgIpc) is 2.08. The molecule has 0 aliphatic heterocycles. The zero-order chi connectivity index (χ0) is 14.0. The molecule has 0 aromatic carbocycles. The molecule has 0 saturated heterocycles. The summed E-state index contributed by atoms with van der Waals surface area (Å²) < 4.78 is 0. The molecule has 17 heavy (non-hydrogen) atoms. The van der Waals surface area contributed by atoms with Gasteiger partial charge in [-0.25, -0.2) is 0 Å². The molecule has 0 fully saturated rings. The SMILES string of the molecule is CC(C)[C@H](NC(=O)C(C)(C)C)C(=O)C(C)(C)C. The van der Waals surface area contributed by atoms with Gasteiger partial charge >= 0.3 is 0 Å². The van der Waals surface area contributed by atoms with Crippen molar-refractivity contribution in [3.63, 3.8) is 0 Å². The van der Waals surface area contributed by atoms with E-state index in [2.05, 4.69) is 5.32 Å². The zero-order valence-corrected chi connectivity index (χ0v) is 12.5. The minimum atomic E-state index is -0.467. The minimum Gasteiger partial charge on any atom is -0.346 e. The minimum absolute atomic E-state index is 0.0752. The molecule has 1 amide bonds. The molecular weight excluding hydrogens is 214 g/mol. The second-order valence-electron chi connectivity index (χ2n) is 7.06. The van der Waals surface area contributed by atoms with Gasteiger partial charge in [0.25, 0.3) is 0 Å². The molecule has 1 N–H and O–H groups in total. The molecule has 100 valence electrons. The molecule has 0 aromatic rings. The van der Waals surface area contributed by atoms with E-state index in [-0.39, 0.29) is 17.6 Å². The Balaban J connectivity index is 4.92. The molecule has 0 aliphatic carbocycles. The lowest BCUT2D eigenvalue weighted by Gasteiger charge is -2.30. The molecule has 0 rings (SSSR count). The van der Waals surface area contributed by atoms with Gasteiger partial charge in [-0.2, -0.15) is 0 Å². The fraction of sp³-hybridized carbons (Fsp3) is 0.857. The summed E-state index contributed by atoms with van der Waals surface area (Å²) in [7, 11) is 0. The maximum absolute atomic E-state index is 12.3. The second-order valence-corrected chi connectivity index (χ2v) is 7.06. The Morgan fingerprint density at radius 2 is 1.29 bits per heavy atom. The van der Waals surface area contributed by atoms with E-state index in [1.165, 1.54) is 0 Å². The highest BCUT2D eigenvalue weighted by molar-refractivity contribution is 5.93. The van der Waals surface area contributed by atoms with E-state index >= 15 is 0 Å². The molecule has 3 heteroatoms. The Morgan fingerprint density at radius 3 is 1.53 bits per heavy atom. The Labute approximate surface area is 105 Å². The van der Waals surface area contributed by atoms with Crippen molar-refractivity contribution >= 4 is 11.7 Å². The fourth-order valence-electron chi connectivity index (χ4n) is 1.36. The zero-order valence-electron chi connectivity index (χ0n) is 12.5. The van der Waals surface area contributed by atoms with Crippen LogP contribution in [0.1, 0.15) is 55.4 Å². The van der Waals surface area contributed by atoms with Crippen molar-refractivity contribution in [2.45, 2.75) is 61.4 Å². The number of rotatable bonds is 3. The second kappa shape index (κ2) is 5.19. The van der Waals surface area contributed by atoms with Crippen LogP contribution in [-0.4, -0.2) is 17.7 Å². The number of carbonyl (C=O) groups excluding carboxylic acids is 2. The van der Waals surface area contributed by atoms with Crippen LogP contribution in [0.2, 0.25) is 0 Å². The summed E-state index contributed by atoms with van der Waals surface area (Å²) in [4.78, 5) is 24.2. The van der Waals surface area contributed by atoms with Gasteiger partial charge in [0.1, 0.15) is 0 Å². The van der Waals surface area contributed by atoms with E-state index in [1.54, 1.807) is 0 Å². The van der Waals surface area contributed by atoms with Crippen molar-refractivity contribution < 1.29 is 9.59 Å². The summed E-state index contributed by atoms with van der Waals surface area (Å²) in [6, 6.07) is -0.401. The van der Waals surface area contributed by atoms with Gasteiger partial charge in [0.05, 0.1) is 6.04 Å². The lowest BCUT2D eigenvalue weighted by Crippen LogP contribution is -2.51. The van der Waals surface area contributed by atoms with Crippen LogP contribution in [0.4, 0.5) is 0 Å². The lowest BCUT2D eigenvalue weighted by molar-refractivity contribution is -0.136. The Morgan fingerprint density at radius 1 is 0.882 bits per heavy atom. The van der Waals surface area contributed by atoms with Crippen LogP contribution in [0, 0.1) is 16.7 Å². The third-order valence-electron chi connectivity index (χ3n) is 2.66. The predicted octanol–water partition coefficient (Wildman–Crippen LogP) is 2.79. The number of carbonyl (C=O) groups is 2. The summed E-state index contributed by atoms with van der Waals surface area (Å²) in [6.45, 7) is 15.1. The molecule has 1 atom stereocenters. The number of hydrogen-bond donors (Lipinski definition) is 1. The number of amides is 1. The number of Topliss-reactive ketones (excluding diaryl/α,β-unsaturated/α-hetero) is 1. The highest BCUT2D eigenvalue weighted by Gasteiger charge is 2.34. The quantitative estimate of drug-likeness (QED) is 0.826. The van der Waals surface area contributed by atoms with Crippen molar-refractivity contribution in [3.8, 4) is 0 Å². The summed E-state index contributed by atoms with van der Waals surface area (Å²) in [5.41, 5.74) is -0.897. The molecule has 0 aliphatic rings. The van der Waals surface area contributed by atoms with Crippen LogP contribution in [0.25, 0.3) is 0 Å². The molecule has 0 unspecified atom stereocenters. The summed E-state index contributed by atoms with van der Waals surface area (Å²) in [5, 5.41) is 2.87. The predicted molar refractivity (Wildman–Crippen MR) is 70.7 cm³/mol. The Hall–Kier alpha value is -0.860. The van der Waals surface area contributed by atoms with Gasteiger partial charge in [-0.05, 0) is 5.92 Å². The van der Waals surface area contributed by atoms with E-state index in [1.807, 2.05) is 55.4 Å². The van der Waals surface area contributed by atoms with Gasteiger partial charge in [0, 0.05) is 10.8 Å². The van der Waals surface area contributed by atoms with Gasteiger partial charge in [-0.3, -0.25) is 9.59 Å². The lowest BCUT2D eigenvalue weighted by atomic mass is 9.82. The summed E-state index contributed by atoms with van der Waals surface area (Å²) in [6.07, 6.45) is 0. The first-order chi connectivity index (χ1) is 7.37. The summed E-state index contributed by atoms with van der Waals surface area (Å²) in [5.74, 6) is 0.118. The van der Waals surface area contributed by atoms with Crippen LogP contribution in [-0.2, 0) is 9.59 Å². The van der Waals surface area contributed by atoms with Gasteiger partial charge < -0.3 is 5.32 Å². The van der Waals surface area contributed by atoms with Crippen LogP contribution < -0.4 is 5.32 Å². The third-order valence-corrected chi connectivity index (χ3v) is 2.66. The molecule has 0 bridgehead atoms. The van der Waals surface area contributed by atoms with E-state index in [0.29, 0.717) is 0 Å². The van der Waals surface area contributed by atoms with Crippen molar-refractivity contribution in [3.05, 3.63) is 0 Å². The largest absolute Gasteiger partial charge is 0.346 e. The highest BCUT2D eigenvalue weighted by Crippen LogP contribution is 2.22. The van der Waals surface area contributed by atoms with Crippen LogP contribution in [0.3, 0.4) is 0 Å². The molecular formula is C14H27NO2. The van der Waals surface area contributed by atoms with Gasteiger partial charge in [-0.1, -0.05) is 55.4 Å². The van der Waals surface area contributed by atoms with E-state index < -0.39 is 16.9 Å². The van der Waals surface area contributed by atoms with Gasteiger partial charge in [-0.15, -0.1) is 0 Å². The smallest absolute Gasteiger partial charge is 0.225 e. The van der Waals surface area contributed by atoms with Crippen molar-refractivity contribution in [1.82, 2.24) is 5.32 Å². The van der Waals surface area contributed by atoms with Crippen LogP contribution in [0.5, 0.6) is 0 Å². The van der Waals surface area contributed by atoms with Crippen molar-refractivity contribution in [2.24, 2.45) is 16.7 Å². The fourth-order valence-corrected chi connectivity index (χ4v) is 1.36. The van der Waals surface area contributed by atoms with Crippen LogP contribution >= 0.6 is 0 Å². The number of hydrogen-bond acceptors (Lipinski definition) is 2. The number of nitrogens with one attached hydrogen (secondary N) is 1. The molecule has 0 aromatic heterocycles. The average molecular weight is 241 g/mol. The first-order valence-corrected chi connectivity index (χ1v) is 6.22. The van der Waals surface area contributed by atoms with E-state index in [0.717, 1.165) is 0 Å². The van der Waals surface area contributed by atoms with E-state index in [9.17, 15) is 9.59 Å². The Kier molecular flexibility index (Phi) is 4.93. The van der Waals surface area contributed by atoms with Gasteiger partial charge in [0.15, 0.2) is 5.78 Å². The van der Waals surface area contributed by atoms with Crippen molar-refractivity contribution in [2.75, 3.05) is 0 Å². The normalized spacial score (nSPS) is 14.6. The monoisotopic (exact) mass is 241 g/mol. The van der Waals surface area contributed by atoms with Crippen molar-refractivity contribution in [1.29, 1.82) is 0 Å². The Bertz CT molecular complexity index is 292. The maximum Gasteiger partial charge on any atom is 0.225 e. The highest BCUT2D eigenvalue weighted by atomic mass is 16.2. The molecule has 3 nitrogen and oxygen atoms in total. The molecule has 0 saturated carbocycles. The molecule has 0 heterocycles. The standard InChI is InChI=1S/C14H27NO2/c1-9(2)10(11(16)13(3,4)5)15-12(17)14(6,7)8/h9-10H,1-8H3,(H,15,17)/t10-/m0/s1. The van der Waals surface area contributed by atoms with Gasteiger partial charge in [0.2, 0.25) is 5.91 Å². The third kappa shape index (κ3) is 4.88. The maximum atomic E-state index is 12.3. The van der Waals surface area contributed by atoms with E-state index in [4.69, 9.17) is 0 Å². The first-order valence-electron chi connectivity index (χ1n) is 6.22.